The Morgan fingerprint density at radius 1 is 0.960 bits per heavy atom. The molecule has 2 aromatic rings. The lowest BCUT2D eigenvalue weighted by Gasteiger charge is -2.19. The van der Waals surface area contributed by atoms with Crippen LogP contribution in [0.25, 0.3) is 0 Å². The zero-order valence-electron chi connectivity index (χ0n) is 14.8. The van der Waals surface area contributed by atoms with Gasteiger partial charge in [-0.25, -0.2) is 13.2 Å². The van der Waals surface area contributed by atoms with Gasteiger partial charge in [0.1, 0.15) is 5.75 Å². The van der Waals surface area contributed by atoms with E-state index in [-0.39, 0.29) is 15.4 Å². The summed E-state index contributed by atoms with van der Waals surface area (Å²) in [4.78, 5) is 12.2. The summed E-state index contributed by atoms with van der Waals surface area (Å²) in [5.41, 5.74) is 7.92. The highest BCUT2D eigenvalue weighted by molar-refractivity contribution is 7.91. The first-order chi connectivity index (χ1) is 11.7. The summed E-state index contributed by atoms with van der Waals surface area (Å²) in [6, 6.07) is 5.95. The van der Waals surface area contributed by atoms with E-state index in [9.17, 15) is 13.2 Å². The van der Waals surface area contributed by atoms with E-state index in [1.807, 2.05) is 0 Å². The number of esters is 1. The van der Waals surface area contributed by atoms with Crippen LogP contribution in [-0.4, -0.2) is 28.6 Å². The van der Waals surface area contributed by atoms with Crippen LogP contribution in [0.4, 0.5) is 5.69 Å². The maximum Gasteiger partial charge on any atom is 0.339 e. The van der Waals surface area contributed by atoms with E-state index in [0.29, 0.717) is 28.1 Å². The molecule has 0 atom stereocenters. The number of hydrogen-bond acceptors (Lipinski definition) is 6. The topological polar surface area (TPSA) is 95.7 Å². The maximum absolute atomic E-state index is 13.2. The Morgan fingerprint density at radius 2 is 1.52 bits per heavy atom. The monoisotopic (exact) mass is 363 g/mol. The van der Waals surface area contributed by atoms with Gasteiger partial charge < -0.3 is 15.2 Å². The van der Waals surface area contributed by atoms with E-state index < -0.39 is 15.8 Å². The number of rotatable bonds is 4. The second kappa shape index (κ2) is 6.76. The molecule has 0 heterocycles. The molecule has 25 heavy (non-hydrogen) atoms. The normalized spacial score (nSPS) is 11.2. The van der Waals surface area contributed by atoms with Crippen molar-refractivity contribution in [3.05, 3.63) is 46.5 Å². The molecular weight excluding hydrogens is 342 g/mol. The zero-order valence-corrected chi connectivity index (χ0v) is 15.7. The molecule has 0 aliphatic heterocycles. The van der Waals surface area contributed by atoms with Crippen LogP contribution in [-0.2, 0) is 14.6 Å². The fourth-order valence-corrected chi connectivity index (χ4v) is 4.46. The van der Waals surface area contributed by atoms with Crippen LogP contribution in [0.5, 0.6) is 5.75 Å². The van der Waals surface area contributed by atoms with Gasteiger partial charge in [-0.05, 0) is 61.7 Å². The van der Waals surface area contributed by atoms with Crippen molar-refractivity contribution in [3.63, 3.8) is 0 Å². The van der Waals surface area contributed by atoms with Gasteiger partial charge in [0, 0.05) is 5.69 Å². The van der Waals surface area contributed by atoms with Gasteiger partial charge in [-0.2, -0.15) is 0 Å². The molecule has 0 saturated carbocycles. The standard InChI is InChI=1S/C18H21NO5S/c1-10-11(2)16(19)12(3)17(15(10)18(20)24-5)25(21,22)14-8-6-13(23-4)7-9-14/h6-9H,19H2,1-5H3. The summed E-state index contributed by atoms with van der Waals surface area (Å²) in [5, 5.41) is 0. The summed E-state index contributed by atoms with van der Waals surface area (Å²) < 4.78 is 36.3. The Balaban J connectivity index is 2.86. The average Bonchev–Trinajstić information content (AvgIpc) is 2.61. The molecule has 0 radical (unpaired) electrons. The number of benzene rings is 2. The van der Waals surface area contributed by atoms with Gasteiger partial charge in [-0.3, -0.25) is 0 Å². The molecule has 0 aliphatic carbocycles. The summed E-state index contributed by atoms with van der Waals surface area (Å²) in [6.45, 7) is 4.99. The summed E-state index contributed by atoms with van der Waals surface area (Å²) in [7, 11) is -1.27. The molecule has 0 unspecified atom stereocenters. The van der Waals surface area contributed by atoms with Gasteiger partial charge in [-0.15, -0.1) is 0 Å². The van der Waals surface area contributed by atoms with Crippen molar-refractivity contribution in [1.82, 2.24) is 0 Å². The highest BCUT2D eigenvalue weighted by atomic mass is 32.2. The molecule has 2 rings (SSSR count). The zero-order chi connectivity index (χ0) is 18.9. The first-order valence-electron chi connectivity index (χ1n) is 7.53. The van der Waals surface area contributed by atoms with Crippen LogP contribution < -0.4 is 10.5 Å². The molecule has 0 bridgehead atoms. The number of carbonyl (C=O) groups is 1. The van der Waals surface area contributed by atoms with Gasteiger partial charge >= 0.3 is 5.97 Å². The number of ether oxygens (including phenoxy) is 2. The molecule has 0 amide bonds. The van der Waals surface area contributed by atoms with Crippen LogP contribution in [0.1, 0.15) is 27.0 Å². The Labute approximate surface area is 147 Å². The third-order valence-electron chi connectivity index (χ3n) is 4.34. The lowest BCUT2D eigenvalue weighted by molar-refractivity contribution is 0.0595. The van der Waals surface area contributed by atoms with Gasteiger partial charge in [0.05, 0.1) is 29.6 Å². The predicted octanol–water partition coefficient (Wildman–Crippen LogP) is 2.82. The van der Waals surface area contributed by atoms with Crippen molar-refractivity contribution in [1.29, 1.82) is 0 Å². The Bertz CT molecular complexity index is 931. The number of methoxy groups -OCH3 is 2. The molecule has 6 nitrogen and oxygen atoms in total. The Hall–Kier alpha value is -2.54. The van der Waals surface area contributed by atoms with Gasteiger partial charge in [0.2, 0.25) is 9.84 Å². The van der Waals surface area contributed by atoms with Crippen LogP contribution in [0.2, 0.25) is 0 Å². The lowest BCUT2D eigenvalue weighted by atomic mass is 9.97. The van der Waals surface area contributed by atoms with Crippen molar-refractivity contribution >= 4 is 21.5 Å². The second-order valence-corrected chi connectivity index (χ2v) is 7.55. The van der Waals surface area contributed by atoms with Crippen molar-refractivity contribution < 1.29 is 22.7 Å². The molecule has 0 aliphatic rings. The molecule has 2 aromatic carbocycles. The quantitative estimate of drug-likeness (QED) is 0.663. The van der Waals surface area contributed by atoms with Crippen molar-refractivity contribution in [2.24, 2.45) is 0 Å². The third kappa shape index (κ3) is 3.07. The lowest BCUT2D eigenvalue weighted by Crippen LogP contribution is -2.17. The van der Waals surface area contributed by atoms with Crippen LogP contribution in [0.3, 0.4) is 0 Å². The van der Waals surface area contributed by atoms with E-state index in [1.165, 1.54) is 26.4 Å². The number of nitrogen functional groups attached to an aromatic ring is 1. The largest absolute Gasteiger partial charge is 0.497 e. The minimum absolute atomic E-state index is 0.0162. The van der Waals surface area contributed by atoms with Crippen LogP contribution >= 0.6 is 0 Å². The predicted molar refractivity (Wildman–Crippen MR) is 94.9 cm³/mol. The smallest absolute Gasteiger partial charge is 0.339 e. The maximum atomic E-state index is 13.2. The minimum atomic E-state index is -3.98. The fourth-order valence-electron chi connectivity index (χ4n) is 2.71. The summed E-state index contributed by atoms with van der Waals surface area (Å²) in [5.74, 6) is -0.181. The summed E-state index contributed by atoms with van der Waals surface area (Å²) in [6.07, 6.45) is 0. The fraction of sp³-hybridized carbons (Fsp3) is 0.278. The molecule has 0 aromatic heterocycles. The van der Waals surface area contributed by atoms with E-state index in [1.54, 1.807) is 32.9 Å². The highest BCUT2D eigenvalue weighted by Crippen LogP contribution is 2.36. The van der Waals surface area contributed by atoms with Crippen molar-refractivity contribution in [3.8, 4) is 5.75 Å². The Morgan fingerprint density at radius 3 is 2.00 bits per heavy atom. The second-order valence-electron chi connectivity index (χ2n) is 5.66. The SMILES string of the molecule is COC(=O)c1c(C)c(C)c(N)c(C)c1S(=O)(=O)c1ccc(OC)cc1. The molecule has 0 saturated heterocycles. The highest BCUT2D eigenvalue weighted by Gasteiger charge is 2.31. The van der Waals surface area contributed by atoms with E-state index in [0.717, 1.165) is 0 Å². The van der Waals surface area contributed by atoms with E-state index in [4.69, 9.17) is 15.2 Å². The minimum Gasteiger partial charge on any atom is -0.497 e. The van der Waals surface area contributed by atoms with Gasteiger partial charge in [-0.1, -0.05) is 0 Å². The number of anilines is 1. The van der Waals surface area contributed by atoms with Crippen molar-refractivity contribution in [2.45, 2.75) is 30.6 Å². The van der Waals surface area contributed by atoms with E-state index >= 15 is 0 Å². The average molecular weight is 363 g/mol. The molecule has 0 spiro atoms. The first-order valence-corrected chi connectivity index (χ1v) is 9.01. The summed E-state index contributed by atoms with van der Waals surface area (Å²) >= 11 is 0. The van der Waals surface area contributed by atoms with E-state index in [2.05, 4.69) is 0 Å². The first kappa shape index (κ1) is 18.8. The molecule has 2 N–H and O–H groups in total. The van der Waals surface area contributed by atoms with Crippen LogP contribution in [0, 0.1) is 20.8 Å². The number of hydrogen-bond donors (Lipinski definition) is 1. The molecule has 7 heteroatoms. The molecular formula is C18H21NO5S. The van der Waals surface area contributed by atoms with Gasteiger partial charge in [0.15, 0.2) is 0 Å². The Kier molecular flexibility index (Phi) is 5.08. The third-order valence-corrected chi connectivity index (χ3v) is 6.28. The van der Waals surface area contributed by atoms with Crippen LogP contribution in [0.15, 0.2) is 34.1 Å². The van der Waals surface area contributed by atoms with Gasteiger partial charge in [0.25, 0.3) is 0 Å². The molecule has 134 valence electrons. The number of carbonyl (C=O) groups excluding carboxylic acids is 1. The number of nitrogens with two attached hydrogens (primary N) is 1. The molecule has 0 fully saturated rings. The van der Waals surface area contributed by atoms with Crippen molar-refractivity contribution in [2.75, 3.05) is 20.0 Å². The number of sulfone groups is 1.